The number of anilines is 1. The Hall–Kier alpha value is -2.60. The van der Waals surface area contributed by atoms with Gasteiger partial charge in [0.1, 0.15) is 11.6 Å². The molecule has 2 aromatic rings. The van der Waals surface area contributed by atoms with Crippen molar-refractivity contribution in [2.24, 2.45) is 0 Å². The zero-order valence-corrected chi connectivity index (χ0v) is 17.4. The SMILES string of the molecule is O=C(CCOc1ccccc1)N1CCC[C@@H](N2CCN(c3ccc(F)cc3)CC2)C1. The number of benzene rings is 2. The summed E-state index contributed by atoms with van der Waals surface area (Å²) in [5, 5.41) is 0. The Morgan fingerprint density at radius 1 is 0.967 bits per heavy atom. The summed E-state index contributed by atoms with van der Waals surface area (Å²) < 4.78 is 18.8. The highest BCUT2D eigenvalue weighted by atomic mass is 19.1. The van der Waals surface area contributed by atoms with Crippen molar-refractivity contribution in [2.45, 2.75) is 25.3 Å². The lowest BCUT2D eigenvalue weighted by Gasteiger charge is -2.44. The highest BCUT2D eigenvalue weighted by molar-refractivity contribution is 5.76. The van der Waals surface area contributed by atoms with Crippen LogP contribution in [0.1, 0.15) is 19.3 Å². The van der Waals surface area contributed by atoms with Gasteiger partial charge in [-0.3, -0.25) is 9.69 Å². The minimum Gasteiger partial charge on any atom is -0.493 e. The molecule has 2 fully saturated rings. The van der Waals surface area contributed by atoms with E-state index in [-0.39, 0.29) is 11.7 Å². The largest absolute Gasteiger partial charge is 0.493 e. The van der Waals surface area contributed by atoms with Crippen LogP contribution in [-0.4, -0.2) is 67.6 Å². The summed E-state index contributed by atoms with van der Waals surface area (Å²) in [4.78, 5) is 19.5. The number of piperidine rings is 1. The number of nitrogens with zero attached hydrogens (tertiary/aromatic N) is 3. The lowest BCUT2D eigenvalue weighted by molar-refractivity contribution is -0.133. The number of hydrogen-bond donors (Lipinski definition) is 0. The van der Waals surface area contributed by atoms with Gasteiger partial charge in [0, 0.05) is 51.0 Å². The van der Waals surface area contributed by atoms with Crippen LogP contribution in [0.15, 0.2) is 54.6 Å². The predicted octanol–water partition coefficient (Wildman–Crippen LogP) is 3.41. The number of para-hydroxylation sites is 1. The van der Waals surface area contributed by atoms with E-state index in [9.17, 15) is 9.18 Å². The molecule has 2 aliphatic rings. The summed E-state index contributed by atoms with van der Waals surface area (Å²) in [7, 11) is 0. The Balaban J connectivity index is 1.23. The van der Waals surface area contributed by atoms with Crippen LogP contribution < -0.4 is 9.64 Å². The molecule has 160 valence electrons. The first kappa shape index (κ1) is 20.7. The first-order valence-electron chi connectivity index (χ1n) is 10.9. The van der Waals surface area contributed by atoms with E-state index in [1.54, 1.807) is 0 Å². The maximum Gasteiger partial charge on any atom is 0.226 e. The number of rotatable bonds is 6. The second kappa shape index (κ2) is 9.94. The summed E-state index contributed by atoms with van der Waals surface area (Å²) >= 11 is 0. The Morgan fingerprint density at radius 2 is 1.70 bits per heavy atom. The van der Waals surface area contributed by atoms with Gasteiger partial charge in [-0.05, 0) is 49.2 Å². The van der Waals surface area contributed by atoms with Crippen LogP contribution in [0, 0.1) is 5.82 Å². The lowest BCUT2D eigenvalue weighted by Crippen LogP contribution is -2.56. The number of carbonyl (C=O) groups excluding carboxylic acids is 1. The number of amides is 1. The van der Waals surface area contributed by atoms with Gasteiger partial charge in [-0.2, -0.15) is 0 Å². The van der Waals surface area contributed by atoms with E-state index in [0.717, 1.165) is 63.5 Å². The monoisotopic (exact) mass is 411 g/mol. The molecule has 0 spiro atoms. The fourth-order valence-electron chi connectivity index (χ4n) is 4.41. The predicted molar refractivity (Wildman–Crippen MR) is 116 cm³/mol. The van der Waals surface area contributed by atoms with Crippen LogP contribution in [0.5, 0.6) is 5.75 Å². The van der Waals surface area contributed by atoms with Gasteiger partial charge in [0.25, 0.3) is 0 Å². The molecule has 0 radical (unpaired) electrons. The van der Waals surface area contributed by atoms with E-state index in [0.29, 0.717) is 19.1 Å². The molecule has 2 heterocycles. The van der Waals surface area contributed by atoms with Gasteiger partial charge in [-0.1, -0.05) is 18.2 Å². The molecule has 30 heavy (non-hydrogen) atoms. The Bertz CT molecular complexity index is 807. The minimum absolute atomic E-state index is 0.181. The van der Waals surface area contributed by atoms with Gasteiger partial charge in [0.2, 0.25) is 5.91 Å². The molecule has 0 aromatic heterocycles. The number of ether oxygens (including phenoxy) is 1. The Morgan fingerprint density at radius 3 is 2.43 bits per heavy atom. The molecular weight excluding hydrogens is 381 g/mol. The average molecular weight is 412 g/mol. The fraction of sp³-hybridized carbons (Fsp3) is 0.458. The molecule has 6 heteroatoms. The summed E-state index contributed by atoms with van der Waals surface area (Å²) in [6.07, 6.45) is 2.61. The van der Waals surface area contributed by atoms with Crippen molar-refractivity contribution < 1.29 is 13.9 Å². The van der Waals surface area contributed by atoms with Gasteiger partial charge in [0.05, 0.1) is 13.0 Å². The Kier molecular flexibility index (Phi) is 6.84. The Labute approximate surface area is 178 Å². The zero-order chi connectivity index (χ0) is 20.8. The fourth-order valence-corrected chi connectivity index (χ4v) is 4.41. The van der Waals surface area contributed by atoms with E-state index in [4.69, 9.17) is 4.74 Å². The summed E-state index contributed by atoms with van der Waals surface area (Å²) in [5.74, 6) is 0.792. The molecular formula is C24H30FN3O2. The third-order valence-corrected chi connectivity index (χ3v) is 6.10. The van der Waals surface area contributed by atoms with Gasteiger partial charge in [-0.25, -0.2) is 4.39 Å². The molecule has 2 aromatic carbocycles. The maximum atomic E-state index is 13.2. The smallest absolute Gasteiger partial charge is 0.226 e. The van der Waals surface area contributed by atoms with Crippen molar-refractivity contribution in [2.75, 3.05) is 50.8 Å². The van der Waals surface area contributed by atoms with Crippen LogP contribution in [0.3, 0.4) is 0 Å². The highest BCUT2D eigenvalue weighted by Gasteiger charge is 2.29. The van der Waals surface area contributed by atoms with Crippen molar-refractivity contribution in [1.29, 1.82) is 0 Å². The molecule has 1 amide bonds. The van der Waals surface area contributed by atoms with Crippen LogP contribution in [-0.2, 0) is 4.79 Å². The van der Waals surface area contributed by atoms with E-state index in [1.165, 1.54) is 12.1 Å². The molecule has 0 bridgehead atoms. The molecule has 5 nitrogen and oxygen atoms in total. The van der Waals surface area contributed by atoms with Crippen LogP contribution in [0.2, 0.25) is 0 Å². The summed E-state index contributed by atoms with van der Waals surface area (Å²) in [6.45, 7) is 5.88. The third-order valence-electron chi connectivity index (χ3n) is 6.10. The molecule has 2 aliphatic heterocycles. The number of carbonyl (C=O) groups is 1. The number of piperazine rings is 1. The van der Waals surface area contributed by atoms with Crippen molar-refractivity contribution in [3.63, 3.8) is 0 Å². The second-order valence-electron chi connectivity index (χ2n) is 8.05. The standard InChI is InChI=1S/C24H30FN3O2/c25-20-8-10-21(11-9-20)26-14-16-27(17-15-26)22-5-4-13-28(19-22)24(29)12-18-30-23-6-2-1-3-7-23/h1-3,6-11,22H,4-5,12-19H2/t22-/m1/s1. The first-order valence-corrected chi connectivity index (χ1v) is 10.9. The molecule has 0 saturated carbocycles. The summed E-state index contributed by atoms with van der Waals surface area (Å²) in [5.41, 5.74) is 1.08. The van der Waals surface area contributed by atoms with Crippen molar-refractivity contribution in [3.8, 4) is 5.75 Å². The zero-order valence-electron chi connectivity index (χ0n) is 17.4. The average Bonchev–Trinajstić information content (AvgIpc) is 2.80. The molecule has 0 unspecified atom stereocenters. The van der Waals surface area contributed by atoms with Crippen molar-refractivity contribution in [1.82, 2.24) is 9.80 Å². The maximum absolute atomic E-state index is 13.2. The molecule has 4 rings (SSSR count). The first-order chi connectivity index (χ1) is 14.7. The van der Waals surface area contributed by atoms with Crippen LogP contribution in [0.25, 0.3) is 0 Å². The van der Waals surface area contributed by atoms with Crippen LogP contribution >= 0.6 is 0 Å². The van der Waals surface area contributed by atoms with Gasteiger partial charge in [-0.15, -0.1) is 0 Å². The van der Waals surface area contributed by atoms with E-state index in [1.807, 2.05) is 47.4 Å². The van der Waals surface area contributed by atoms with Crippen LogP contribution in [0.4, 0.5) is 10.1 Å². The van der Waals surface area contributed by atoms with Gasteiger partial charge >= 0.3 is 0 Å². The highest BCUT2D eigenvalue weighted by Crippen LogP contribution is 2.22. The molecule has 0 N–H and O–H groups in total. The normalized spacial score (nSPS) is 20.2. The van der Waals surface area contributed by atoms with E-state index in [2.05, 4.69) is 9.80 Å². The van der Waals surface area contributed by atoms with Crippen molar-refractivity contribution >= 4 is 11.6 Å². The second-order valence-corrected chi connectivity index (χ2v) is 8.05. The van der Waals surface area contributed by atoms with Gasteiger partial charge < -0.3 is 14.5 Å². The third kappa shape index (κ3) is 5.30. The van der Waals surface area contributed by atoms with Gasteiger partial charge in [0.15, 0.2) is 0 Å². The quantitative estimate of drug-likeness (QED) is 0.730. The van der Waals surface area contributed by atoms with E-state index < -0.39 is 0 Å². The lowest BCUT2D eigenvalue weighted by atomic mass is 10.0. The summed E-state index contributed by atoms with van der Waals surface area (Å²) in [6, 6.07) is 16.8. The number of halogens is 1. The van der Waals surface area contributed by atoms with Crippen molar-refractivity contribution in [3.05, 3.63) is 60.4 Å². The number of likely N-dealkylation sites (tertiary alicyclic amines) is 1. The molecule has 1 atom stereocenters. The van der Waals surface area contributed by atoms with E-state index >= 15 is 0 Å². The molecule has 0 aliphatic carbocycles. The molecule has 2 saturated heterocycles. The topological polar surface area (TPSA) is 36.0 Å². The minimum atomic E-state index is -0.196. The number of hydrogen-bond acceptors (Lipinski definition) is 4.